The molecule has 2 saturated heterocycles. The monoisotopic (exact) mass is 463 g/mol. The van der Waals surface area contributed by atoms with E-state index in [4.69, 9.17) is 24.5 Å². The lowest BCUT2D eigenvalue weighted by Gasteiger charge is -2.37. The number of fused-ring (bicyclic) bond motifs is 1. The van der Waals surface area contributed by atoms with E-state index in [1.54, 1.807) is 6.20 Å². The van der Waals surface area contributed by atoms with Gasteiger partial charge in [-0.3, -0.25) is 24.3 Å². The van der Waals surface area contributed by atoms with Gasteiger partial charge in [-0.2, -0.15) is 0 Å². The first-order chi connectivity index (χ1) is 16.1. The Morgan fingerprint density at radius 3 is 2.48 bits per heavy atom. The number of hydrogen-bond donors (Lipinski definition) is 3. The van der Waals surface area contributed by atoms with Crippen molar-refractivity contribution in [1.29, 1.82) is 0 Å². The fraction of sp³-hybridized carbons (Fsp3) is 0.667. The molecule has 1 aliphatic carbocycles. The van der Waals surface area contributed by atoms with Crippen LogP contribution < -0.4 is 5.32 Å². The van der Waals surface area contributed by atoms with Gasteiger partial charge < -0.3 is 20.3 Å². The number of aromatic nitrogens is 1. The number of ether oxygens (including phenoxy) is 1. The summed E-state index contributed by atoms with van der Waals surface area (Å²) in [6, 6.07) is 6.42. The second kappa shape index (κ2) is 15.3. The lowest BCUT2D eigenvalue weighted by molar-refractivity contribution is -0.143. The van der Waals surface area contributed by atoms with Crippen molar-refractivity contribution in [2.75, 3.05) is 19.6 Å². The van der Waals surface area contributed by atoms with E-state index in [-0.39, 0.29) is 31.1 Å². The smallest absolute Gasteiger partial charge is 0.290 e. The summed E-state index contributed by atoms with van der Waals surface area (Å²) in [5.41, 5.74) is 1.01. The lowest BCUT2D eigenvalue weighted by atomic mass is 9.88. The summed E-state index contributed by atoms with van der Waals surface area (Å²) in [5.74, 6) is 0.931. The minimum atomic E-state index is -0.274. The molecule has 0 radical (unpaired) electrons. The maximum absolute atomic E-state index is 12.5. The molecule has 3 N–H and O–H groups in total. The van der Waals surface area contributed by atoms with Crippen LogP contribution in [0, 0.1) is 5.92 Å². The van der Waals surface area contributed by atoms with E-state index in [1.807, 2.05) is 18.2 Å². The number of hydrogen-bond acceptors (Lipinski definition) is 6. The van der Waals surface area contributed by atoms with Crippen molar-refractivity contribution >= 4 is 18.9 Å². The minimum Gasteiger partial charge on any atom is -0.483 e. The Bertz CT molecular complexity index is 693. The van der Waals surface area contributed by atoms with E-state index in [9.17, 15) is 4.79 Å². The Morgan fingerprint density at radius 2 is 1.82 bits per heavy atom. The second-order valence-corrected chi connectivity index (χ2v) is 8.67. The number of carbonyl (C=O) groups is 3. The van der Waals surface area contributed by atoms with Crippen LogP contribution in [0.2, 0.25) is 0 Å². The zero-order valence-electron chi connectivity index (χ0n) is 19.2. The van der Waals surface area contributed by atoms with Crippen LogP contribution >= 0.6 is 0 Å². The average Bonchev–Trinajstić information content (AvgIpc) is 3.23. The van der Waals surface area contributed by atoms with Crippen LogP contribution in [0.25, 0.3) is 0 Å². The first-order valence-corrected chi connectivity index (χ1v) is 11.9. The standard InChI is InChI=1S/C22H33N3O2.2CH2O2/c26-22(24-14-11-18-8-4-5-13-23-18)21-10-9-19-20(27-21)12-15-25(19)16-17-6-2-1-3-7-17;2*2-1-3/h4-5,8,13,17,19-21H,1-3,6-7,9-12,14-16H2,(H,24,26);2*1H,(H,2,3)/t19-,20-,21-;;/m1../s1. The first kappa shape index (κ1) is 26.7. The molecule has 3 atom stereocenters. The molecule has 1 aromatic heterocycles. The van der Waals surface area contributed by atoms with Crippen LogP contribution in [-0.2, 0) is 25.5 Å². The van der Waals surface area contributed by atoms with Gasteiger partial charge in [0.2, 0.25) is 5.91 Å². The Morgan fingerprint density at radius 1 is 1.09 bits per heavy atom. The predicted molar refractivity (Wildman–Crippen MR) is 123 cm³/mol. The number of nitrogens with one attached hydrogen (secondary N) is 1. The molecular weight excluding hydrogens is 426 g/mol. The Kier molecular flexibility index (Phi) is 12.4. The fourth-order valence-corrected chi connectivity index (χ4v) is 5.11. The normalized spacial score (nSPS) is 24.8. The van der Waals surface area contributed by atoms with Crippen molar-refractivity contribution in [3.63, 3.8) is 0 Å². The number of amides is 1. The molecule has 0 aromatic carbocycles. The quantitative estimate of drug-likeness (QED) is 0.548. The van der Waals surface area contributed by atoms with E-state index in [0.29, 0.717) is 12.6 Å². The Balaban J connectivity index is 0.000000582. The van der Waals surface area contributed by atoms with Crippen molar-refractivity contribution in [1.82, 2.24) is 15.2 Å². The summed E-state index contributed by atoms with van der Waals surface area (Å²) in [4.78, 5) is 36.2. The van der Waals surface area contributed by atoms with Crippen molar-refractivity contribution in [2.24, 2.45) is 5.92 Å². The minimum absolute atomic E-state index is 0.0510. The number of carboxylic acid groups (broad SMARTS) is 2. The van der Waals surface area contributed by atoms with Crippen LogP contribution in [0.1, 0.15) is 57.1 Å². The highest BCUT2D eigenvalue weighted by Gasteiger charge is 2.42. The zero-order chi connectivity index (χ0) is 23.9. The number of pyridine rings is 1. The predicted octanol–water partition coefficient (Wildman–Crippen LogP) is 2.34. The molecule has 3 heterocycles. The lowest BCUT2D eigenvalue weighted by Crippen LogP contribution is -2.48. The molecule has 0 bridgehead atoms. The Hall–Kier alpha value is -2.52. The number of rotatable bonds is 6. The molecule has 0 unspecified atom stereocenters. The summed E-state index contributed by atoms with van der Waals surface area (Å²) in [5, 5.41) is 16.8. The molecule has 9 nitrogen and oxygen atoms in total. The van der Waals surface area contributed by atoms with Gasteiger partial charge in [0.15, 0.2) is 0 Å². The Labute approximate surface area is 195 Å². The molecule has 3 aliphatic rings. The molecule has 4 rings (SSSR count). The molecule has 1 saturated carbocycles. The highest BCUT2D eigenvalue weighted by Crippen LogP contribution is 2.34. The fourth-order valence-electron chi connectivity index (χ4n) is 5.11. The number of nitrogens with zero attached hydrogens (tertiary/aromatic N) is 2. The zero-order valence-corrected chi connectivity index (χ0v) is 19.2. The molecule has 0 spiro atoms. The third-order valence-electron chi connectivity index (χ3n) is 6.58. The summed E-state index contributed by atoms with van der Waals surface area (Å²) in [6.07, 6.45) is 12.6. The van der Waals surface area contributed by atoms with Crippen molar-refractivity contribution < 1.29 is 29.3 Å². The van der Waals surface area contributed by atoms with Gasteiger partial charge in [0.1, 0.15) is 6.10 Å². The molecule has 1 aromatic rings. The highest BCUT2D eigenvalue weighted by atomic mass is 16.5. The van der Waals surface area contributed by atoms with Gasteiger partial charge in [0.05, 0.1) is 6.10 Å². The van der Waals surface area contributed by atoms with E-state index in [1.165, 1.54) is 38.6 Å². The largest absolute Gasteiger partial charge is 0.483 e. The van der Waals surface area contributed by atoms with Crippen molar-refractivity contribution in [2.45, 2.75) is 76.0 Å². The van der Waals surface area contributed by atoms with Crippen LogP contribution in [-0.4, -0.2) is 76.8 Å². The number of carbonyl (C=O) groups excluding carboxylic acids is 1. The van der Waals surface area contributed by atoms with E-state index in [2.05, 4.69) is 15.2 Å². The van der Waals surface area contributed by atoms with E-state index < -0.39 is 0 Å². The van der Waals surface area contributed by atoms with Crippen molar-refractivity contribution in [3.8, 4) is 0 Å². The highest BCUT2D eigenvalue weighted by molar-refractivity contribution is 5.80. The molecule has 3 fully saturated rings. The van der Waals surface area contributed by atoms with Gasteiger partial charge in [-0.1, -0.05) is 25.3 Å². The maximum Gasteiger partial charge on any atom is 0.290 e. The molecule has 33 heavy (non-hydrogen) atoms. The van der Waals surface area contributed by atoms with Gasteiger partial charge in [0, 0.05) is 44.0 Å². The third-order valence-corrected chi connectivity index (χ3v) is 6.58. The van der Waals surface area contributed by atoms with Gasteiger partial charge >= 0.3 is 0 Å². The topological polar surface area (TPSA) is 129 Å². The summed E-state index contributed by atoms with van der Waals surface area (Å²) >= 11 is 0. The van der Waals surface area contributed by atoms with E-state index in [0.717, 1.165) is 43.8 Å². The van der Waals surface area contributed by atoms with E-state index >= 15 is 0 Å². The van der Waals surface area contributed by atoms with Gasteiger partial charge in [0.25, 0.3) is 12.9 Å². The van der Waals surface area contributed by atoms with Crippen LogP contribution in [0.4, 0.5) is 0 Å². The van der Waals surface area contributed by atoms with Crippen LogP contribution in [0.5, 0.6) is 0 Å². The SMILES string of the molecule is O=C(NCCc1ccccn1)[C@H]1CC[C@@H]2[C@@H](CCN2CC2CCCCC2)O1.O=CO.O=CO. The second-order valence-electron chi connectivity index (χ2n) is 8.67. The van der Waals surface area contributed by atoms with Crippen LogP contribution in [0.3, 0.4) is 0 Å². The molecule has 9 heteroatoms. The van der Waals surface area contributed by atoms with Gasteiger partial charge in [-0.25, -0.2) is 0 Å². The molecular formula is C24H37N3O6. The first-order valence-electron chi connectivity index (χ1n) is 11.9. The average molecular weight is 464 g/mol. The van der Waals surface area contributed by atoms with Crippen molar-refractivity contribution in [3.05, 3.63) is 30.1 Å². The maximum atomic E-state index is 12.5. The molecule has 1 amide bonds. The molecule has 2 aliphatic heterocycles. The summed E-state index contributed by atoms with van der Waals surface area (Å²) in [6.45, 7) is 2.50. The molecule has 184 valence electrons. The number of likely N-dealkylation sites (tertiary alicyclic amines) is 1. The van der Waals surface area contributed by atoms with Gasteiger partial charge in [-0.15, -0.1) is 0 Å². The summed E-state index contributed by atoms with van der Waals surface area (Å²) < 4.78 is 6.22. The van der Waals surface area contributed by atoms with Crippen LogP contribution in [0.15, 0.2) is 24.4 Å². The summed E-state index contributed by atoms with van der Waals surface area (Å²) in [7, 11) is 0. The third kappa shape index (κ3) is 9.09. The van der Waals surface area contributed by atoms with Gasteiger partial charge in [-0.05, 0) is 50.2 Å².